The zero-order valence-corrected chi connectivity index (χ0v) is 13.8. The molecule has 3 nitrogen and oxygen atoms in total. The highest BCUT2D eigenvalue weighted by atomic mass is 16.3. The second kappa shape index (κ2) is 7.24. The maximum Gasteiger partial charge on any atom is 0.0822 e. The van der Waals surface area contributed by atoms with Gasteiger partial charge in [0.2, 0.25) is 0 Å². The summed E-state index contributed by atoms with van der Waals surface area (Å²) in [7, 11) is 0. The highest BCUT2D eigenvalue weighted by Crippen LogP contribution is 2.35. The number of rotatable bonds is 5. The molecule has 23 heavy (non-hydrogen) atoms. The number of benzene rings is 1. The highest BCUT2D eigenvalue weighted by molar-refractivity contribution is 5.82. The summed E-state index contributed by atoms with van der Waals surface area (Å²) in [5, 5.41) is 15.4. The lowest BCUT2D eigenvalue weighted by atomic mass is 9.78. The van der Waals surface area contributed by atoms with Crippen molar-refractivity contribution in [3.05, 3.63) is 54.7 Å². The van der Waals surface area contributed by atoms with Crippen LogP contribution >= 0.6 is 0 Å². The van der Waals surface area contributed by atoms with Crippen LogP contribution in [0.5, 0.6) is 0 Å². The maximum absolute atomic E-state index is 10.9. The molecule has 1 aromatic carbocycles. The lowest BCUT2D eigenvalue weighted by Gasteiger charge is -2.33. The third-order valence-electron chi connectivity index (χ3n) is 5.20. The van der Waals surface area contributed by atoms with Crippen LogP contribution in [-0.2, 0) is 0 Å². The largest absolute Gasteiger partial charge is 0.388 e. The average Bonchev–Trinajstić information content (AvgIpc) is 2.61. The fourth-order valence-electron chi connectivity index (χ4n) is 3.79. The standard InChI is InChI=1S/C20H26N2O/c1-3-15-13-21-10-8-16(15)12-14(2)20(23)18-9-11-22-19-7-5-4-6-17(18)19/h3-7,9,11,14-16,20-21,23H,1,8,10,12-13H2,2H3/t14?,15?,16?,20-/m0/s1. The molecule has 1 aliphatic heterocycles. The van der Waals surface area contributed by atoms with Crippen LogP contribution in [-0.4, -0.2) is 23.2 Å². The van der Waals surface area contributed by atoms with Gasteiger partial charge in [-0.3, -0.25) is 4.98 Å². The first-order valence-corrected chi connectivity index (χ1v) is 8.55. The molecular formula is C20H26N2O. The summed E-state index contributed by atoms with van der Waals surface area (Å²) < 4.78 is 0. The van der Waals surface area contributed by atoms with Crippen LogP contribution in [0.3, 0.4) is 0 Å². The summed E-state index contributed by atoms with van der Waals surface area (Å²) in [5.74, 6) is 1.32. The lowest BCUT2D eigenvalue weighted by molar-refractivity contribution is 0.0928. The van der Waals surface area contributed by atoms with Gasteiger partial charge in [0.05, 0.1) is 11.6 Å². The van der Waals surface area contributed by atoms with Crippen molar-refractivity contribution >= 4 is 10.9 Å². The number of nitrogens with zero attached hydrogens (tertiary/aromatic N) is 1. The third kappa shape index (κ3) is 3.46. The summed E-state index contributed by atoms with van der Waals surface area (Å²) in [6.07, 6.45) is 5.59. The summed E-state index contributed by atoms with van der Waals surface area (Å²) >= 11 is 0. The maximum atomic E-state index is 10.9. The van der Waals surface area contributed by atoms with Crippen LogP contribution in [0, 0.1) is 17.8 Å². The molecule has 0 bridgehead atoms. The van der Waals surface area contributed by atoms with E-state index in [1.54, 1.807) is 6.20 Å². The minimum atomic E-state index is -0.455. The van der Waals surface area contributed by atoms with E-state index in [1.807, 2.05) is 30.3 Å². The molecule has 122 valence electrons. The van der Waals surface area contributed by atoms with E-state index in [0.717, 1.165) is 42.4 Å². The summed E-state index contributed by atoms with van der Waals surface area (Å²) in [5.41, 5.74) is 1.94. The van der Waals surface area contributed by atoms with Gasteiger partial charge in [-0.15, -0.1) is 6.58 Å². The molecule has 0 aliphatic carbocycles. The molecule has 4 atom stereocenters. The lowest BCUT2D eigenvalue weighted by Crippen LogP contribution is -2.36. The number of fused-ring (bicyclic) bond motifs is 1. The van der Waals surface area contributed by atoms with E-state index in [9.17, 15) is 5.11 Å². The second-order valence-corrected chi connectivity index (χ2v) is 6.73. The van der Waals surface area contributed by atoms with Crippen LogP contribution in [0.1, 0.15) is 31.4 Å². The molecule has 3 heteroatoms. The number of piperidine rings is 1. The Morgan fingerprint density at radius 3 is 3.04 bits per heavy atom. The first kappa shape index (κ1) is 16.2. The van der Waals surface area contributed by atoms with Crippen LogP contribution in [0.25, 0.3) is 10.9 Å². The van der Waals surface area contributed by atoms with Crippen LogP contribution in [0.4, 0.5) is 0 Å². The van der Waals surface area contributed by atoms with Crippen molar-refractivity contribution in [2.45, 2.75) is 25.9 Å². The van der Waals surface area contributed by atoms with E-state index in [2.05, 4.69) is 29.9 Å². The monoisotopic (exact) mass is 310 g/mol. The molecule has 1 saturated heterocycles. The Morgan fingerprint density at radius 1 is 1.39 bits per heavy atom. The Bertz CT molecular complexity index is 664. The Morgan fingerprint density at radius 2 is 2.22 bits per heavy atom. The van der Waals surface area contributed by atoms with E-state index >= 15 is 0 Å². The van der Waals surface area contributed by atoms with Gasteiger partial charge < -0.3 is 10.4 Å². The predicted molar refractivity (Wildman–Crippen MR) is 95.1 cm³/mol. The van der Waals surface area contributed by atoms with Gasteiger partial charge in [-0.2, -0.15) is 0 Å². The van der Waals surface area contributed by atoms with Crippen molar-refractivity contribution in [2.75, 3.05) is 13.1 Å². The van der Waals surface area contributed by atoms with Crippen molar-refractivity contribution in [3.63, 3.8) is 0 Å². The molecule has 0 radical (unpaired) electrons. The molecule has 0 spiro atoms. The fraction of sp³-hybridized carbons (Fsp3) is 0.450. The van der Waals surface area contributed by atoms with Gasteiger partial charge in [-0.05, 0) is 54.8 Å². The van der Waals surface area contributed by atoms with Gasteiger partial charge in [0.15, 0.2) is 0 Å². The number of nitrogens with one attached hydrogen (secondary N) is 1. The Hall–Kier alpha value is -1.71. The van der Waals surface area contributed by atoms with Crippen molar-refractivity contribution in [1.29, 1.82) is 0 Å². The molecule has 2 heterocycles. The molecule has 2 aromatic rings. The molecule has 2 N–H and O–H groups in total. The Labute approximate surface area is 138 Å². The van der Waals surface area contributed by atoms with Crippen molar-refractivity contribution < 1.29 is 5.11 Å². The molecular weight excluding hydrogens is 284 g/mol. The van der Waals surface area contributed by atoms with Crippen molar-refractivity contribution in [1.82, 2.24) is 10.3 Å². The SMILES string of the molecule is C=CC1CNCCC1CC(C)[C@H](O)c1ccnc2ccccc12. The average molecular weight is 310 g/mol. The number of aliphatic hydroxyl groups is 1. The van der Waals surface area contributed by atoms with Crippen LogP contribution < -0.4 is 5.32 Å². The minimum Gasteiger partial charge on any atom is -0.388 e. The highest BCUT2D eigenvalue weighted by Gasteiger charge is 2.27. The molecule has 1 aromatic heterocycles. The van der Waals surface area contributed by atoms with Gasteiger partial charge in [0.1, 0.15) is 0 Å². The molecule has 0 saturated carbocycles. The molecule has 3 unspecified atom stereocenters. The van der Waals surface area contributed by atoms with Gasteiger partial charge in [-0.1, -0.05) is 31.2 Å². The molecule has 1 fully saturated rings. The number of aliphatic hydroxyl groups excluding tert-OH is 1. The van der Waals surface area contributed by atoms with Gasteiger partial charge >= 0.3 is 0 Å². The second-order valence-electron chi connectivity index (χ2n) is 6.73. The zero-order chi connectivity index (χ0) is 16.2. The first-order chi connectivity index (χ1) is 11.2. The van der Waals surface area contributed by atoms with E-state index in [1.165, 1.54) is 0 Å². The predicted octanol–water partition coefficient (Wildman–Crippen LogP) is 3.71. The fourth-order valence-corrected chi connectivity index (χ4v) is 3.79. The summed E-state index contributed by atoms with van der Waals surface area (Å²) in [6.45, 7) is 8.20. The smallest absolute Gasteiger partial charge is 0.0822 e. The molecule has 1 aliphatic rings. The summed E-state index contributed by atoms with van der Waals surface area (Å²) in [6, 6.07) is 9.99. The number of aromatic nitrogens is 1. The number of para-hydroxylation sites is 1. The van der Waals surface area contributed by atoms with E-state index in [-0.39, 0.29) is 5.92 Å². The zero-order valence-electron chi connectivity index (χ0n) is 13.8. The Balaban J connectivity index is 1.78. The van der Waals surface area contributed by atoms with Crippen LogP contribution in [0.2, 0.25) is 0 Å². The number of hydrogen-bond donors (Lipinski definition) is 2. The van der Waals surface area contributed by atoms with Gasteiger partial charge in [-0.25, -0.2) is 0 Å². The minimum absolute atomic E-state index is 0.214. The normalized spacial score (nSPS) is 24.3. The van der Waals surface area contributed by atoms with E-state index < -0.39 is 6.10 Å². The van der Waals surface area contributed by atoms with E-state index in [4.69, 9.17) is 0 Å². The van der Waals surface area contributed by atoms with Crippen molar-refractivity contribution in [2.24, 2.45) is 17.8 Å². The third-order valence-corrected chi connectivity index (χ3v) is 5.20. The molecule has 3 rings (SSSR count). The number of hydrogen-bond acceptors (Lipinski definition) is 3. The quantitative estimate of drug-likeness (QED) is 0.828. The summed E-state index contributed by atoms with van der Waals surface area (Å²) in [4.78, 5) is 4.39. The first-order valence-electron chi connectivity index (χ1n) is 8.55. The molecule has 0 amide bonds. The van der Waals surface area contributed by atoms with Crippen molar-refractivity contribution in [3.8, 4) is 0 Å². The Kier molecular flexibility index (Phi) is 5.09. The topological polar surface area (TPSA) is 45.1 Å². The van der Waals surface area contributed by atoms with E-state index in [0.29, 0.717) is 11.8 Å². The van der Waals surface area contributed by atoms with Gasteiger partial charge in [0.25, 0.3) is 0 Å². The number of pyridine rings is 1. The van der Waals surface area contributed by atoms with Crippen LogP contribution in [0.15, 0.2) is 49.2 Å². The van der Waals surface area contributed by atoms with Gasteiger partial charge in [0, 0.05) is 18.1 Å².